The lowest BCUT2D eigenvalue weighted by Crippen LogP contribution is -2.14. The van der Waals surface area contributed by atoms with Crippen LogP contribution in [0.4, 0.5) is 18.9 Å². The SMILES string of the molecule is Cc1cncc(-c2ccc(NC3CC3)c(C(F)(F)F)n2)c1. The molecule has 0 unspecified atom stereocenters. The molecule has 2 aromatic rings. The number of nitrogens with one attached hydrogen (secondary N) is 1. The predicted molar refractivity (Wildman–Crippen MR) is 73.9 cm³/mol. The van der Waals surface area contributed by atoms with Crippen LogP contribution in [0.25, 0.3) is 11.3 Å². The molecule has 0 spiro atoms. The molecule has 0 aliphatic heterocycles. The van der Waals surface area contributed by atoms with Crippen LogP contribution in [-0.4, -0.2) is 16.0 Å². The van der Waals surface area contributed by atoms with E-state index in [0.29, 0.717) is 5.56 Å². The number of alkyl halides is 3. The van der Waals surface area contributed by atoms with E-state index in [1.165, 1.54) is 12.3 Å². The van der Waals surface area contributed by atoms with E-state index in [1.54, 1.807) is 18.3 Å². The molecule has 110 valence electrons. The number of pyridine rings is 2. The number of nitrogens with zero attached hydrogens (tertiary/aromatic N) is 2. The summed E-state index contributed by atoms with van der Waals surface area (Å²) in [6, 6.07) is 4.95. The van der Waals surface area contributed by atoms with Crippen molar-refractivity contribution in [3.05, 3.63) is 41.9 Å². The van der Waals surface area contributed by atoms with Crippen LogP contribution in [-0.2, 0) is 6.18 Å². The second-order valence-corrected chi connectivity index (χ2v) is 5.26. The van der Waals surface area contributed by atoms with Gasteiger partial charge in [0.2, 0.25) is 0 Å². The number of aromatic nitrogens is 2. The second-order valence-electron chi connectivity index (χ2n) is 5.26. The summed E-state index contributed by atoms with van der Waals surface area (Å²) in [7, 11) is 0. The van der Waals surface area contributed by atoms with Gasteiger partial charge < -0.3 is 5.32 Å². The molecule has 0 bridgehead atoms. The van der Waals surface area contributed by atoms with Crippen molar-refractivity contribution in [3.63, 3.8) is 0 Å². The summed E-state index contributed by atoms with van der Waals surface area (Å²) in [6.45, 7) is 1.84. The number of halogens is 3. The second kappa shape index (κ2) is 5.02. The Morgan fingerprint density at radius 3 is 2.57 bits per heavy atom. The number of anilines is 1. The monoisotopic (exact) mass is 293 g/mol. The molecule has 1 aliphatic carbocycles. The largest absolute Gasteiger partial charge is 0.435 e. The van der Waals surface area contributed by atoms with Gasteiger partial charge in [0, 0.05) is 24.0 Å². The number of hydrogen-bond donors (Lipinski definition) is 1. The van der Waals surface area contributed by atoms with Crippen molar-refractivity contribution >= 4 is 5.69 Å². The van der Waals surface area contributed by atoms with Crippen molar-refractivity contribution in [1.82, 2.24) is 9.97 Å². The van der Waals surface area contributed by atoms with Crippen LogP contribution in [0.5, 0.6) is 0 Å². The van der Waals surface area contributed by atoms with Crippen LogP contribution in [0.3, 0.4) is 0 Å². The zero-order chi connectivity index (χ0) is 15.0. The van der Waals surface area contributed by atoms with E-state index in [1.807, 2.05) is 6.92 Å². The molecule has 0 atom stereocenters. The van der Waals surface area contributed by atoms with Gasteiger partial charge in [0.1, 0.15) is 0 Å². The van der Waals surface area contributed by atoms with Crippen LogP contribution in [0.15, 0.2) is 30.6 Å². The first-order chi connectivity index (χ1) is 9.93. The normalized spacial score (nSPS) is 15.0. The summed E-state index contributed by atoms with van der Waals surface area (Å²) < 4.78 is 39.5. The summed E-state index contributed by atoms with van der Waals surface area (Å²) >= 11 is 0. The van der Waals surface area contributed by atoms with Crippen molar-refractivity contribution in [2.24, 2.45) is 0 Å². The van der Waals surface area contributed by atoms with Gasteiger partial charge in [-0.3, -0.25) is 4.98 Å². The fourth-order valence-electron chi connectivity index (χ4n) is 2.10. The maximum atomic E-state index is 13.2. The molecule has 2 heterocycles. The Bertz CT molecular complexity index is 663. The minimum atomic E-state index is -4.48. The predicted octanol–water partition coefficient (Wildman–Crippen LogP) is 4.05. The first-order valence-corrected chi connectivity index (χ1v) is 6.70. The summed E-state index contributed by atoms with van der Waals surface area (Å²) in [5, 5.41) is 2.88. The fourth-order valence-corrected chi connectivity index (χ4v) is 2.10. The Kier molecular flexibility index (Phi) is 3.31. The highest BCUT2D eigenvalue weighted by atomic mass is 19.4. The average Bonchev–Trinajstić information content (AvgIpc) is 3.22. The Morgan fingerprint density at radius 2 is 1.95 bits per heavy atom. The highest BCUT2D eigenvalue weighted by Crippen LogP contribution is 2.37. The van der Waals surface area contributed by atoms with E-state index >= 15 is 0 Å². The average molecular weight is 293 g/mol. The van der Waals surface area contributed by atoms with E-state index in [9.17, 15) is 13.2 Å². The number of hydrogen-bond acceptors (Lipinski definition) is 3. The molecule has 3 nitrogen and oxygen atoms in total. The van der Waals surface area contributed by atoms with E-state index in [4.69, 9.17) is 0 Å². The van der Waals surface area contributed by atoms with Crippen molar-refractivity contribution in [3.8, 4) is 11.3 Å². The van der Waals surface area contributed by atoms with Gasteiger partial charge in [-0.15, -0.1) is 0 Å². The maximum absolute atomic E-state index is 13.2. The molecule has 6 heteroatoms. The van der Waals surface area contributed by atoms with Gasteiger partial charge in [-0.05, 0) is 43.5 Å². The Balaban J connectivity index is 2.03. The third-order valence-corrected chi connectivity index (χ3v) is 3.27. The third-order valence-electron chi connectivity index (χ3n) is 3.27. The van der Waals surface area contributed by atoms with Gasteiger partial charge in [0.25, 0.3) is 0 Å². The maximum Gasteiger partial charge on any atom is 0.435 e. The third kappa shape index (κ3) is 3.15. The van der Waals surface area contributed by atoms with E-state index in [2.05, 4.69) is 15.3 Å². The molecule has 0 radical (unpaired) electrons. The topological polar surface area (TPSA) is 37.8 Å². The minimum absolute atomic E-state index is 0.0503. The molecule has 1 saturated carbocycles. The molecule has 2 aromatic heterocycles. The van der Waals surface area contributed by atoms with Gasteiger partial charge in [-0.1, -0.05) is 0 Å². The van der Waals surface area contributed by atoms with E-state index in [0.717, 1.165) is 18.4 Å². The fraction of sp³-hybridized carbons (Fsp3) is 0.333. The molecule has 1 N–H and O–H groups in total. The standard InChI is InChI=1S/C15H14F3N3/c1-9-6-10(8-19-7-9)12-4-5-13(20-11-2-3-11)14(21-12)15(16,17)18/h4-8,11,20H,2-3H2,1H3. The highest BCUT2D eigenvalue weighted by molar-refractivity contribution is 5.63. The van der Waals surface area contributed by atoms with Gasteiger partial charge in [-0.2, -0.15) is 13.2 Å². The van der Waals surface area contributed by atoms with Crippen molar-refractivity contribution in [1.29, 1.82) is 0 Å². The summed E-state index contributed by atoms with van der Waals surface area (Å²) in [5.74, 6) is 0. The molecular formula is C15H14F3N3. The molecule has 3 rings (SSSR count). The molecule has 1 fully saturated rings. The number of aryl methyl sites for hydroxylation is 1. The van der Waals surface area contributed by atoms with Gasteiger partial charge in [0.15, 0.2) is 5.69 Å². The van der Waals surface area contributed by atoms with Crippen LogP contribution in [0, 0.1) is 6.92 Å². The molecule has 21 heavy (non-hydrogen) atoms. The van der Waals surface area contributed by atoms with Crippen molar-refractivity contribution in [2.45, 2.75) is 32.0 Å². The van der Waals surface area contributed by atoms with E-state index in [-0.39, 0.29) is 17.4 Å². The van der Waals surface area contributed by atoms with Gasteiger partial charge in [0.05, 0.1) is 11.4 Å². The summed E-state index contributed by atoms with van der Waals surface area (Å²) in [5.41, 5.74) is 0.921. The Labute approximate surface area is 120 Å². The summed E-state index contributed by atoms with van der Waals surface area (Å²) in [6.07, 6.45) is 0.493. The quantitative estimate of drug-likeness (QED) is 0.928. The highest BCUT2D eigenvalue weighted by Gasteiger charge is 2.37. The number of rotatable bonds is 3. The lowest BCUT2D eigenvalue weighted by molar-refractivity contribution is -0.140. The Morgan fingerprint density at radius 1 is 1.19 bits per heavy atom. The zero-order valence-corrected chi connectivity index (χ0v) is 11.4. The van der Waals surface area contributed by atoms with Crippen molar-refractivity contribution < 1.29 is 13.2 Å². The van der Waals surface area contributed by atoms with Crippen LogP contribution in [0.2, 0.25) is 0 Å². The molecule has 0 amide bonds. The smallest absolute Gasteiger partial charge is 0.381 e. The van der Waals surface area contributed by atoms with E-state index < -0.39 is 11.9 Å². The summed E-state index contributed by atoms with van der Waals surface area (Å²) in [4.78, 5) is 7.81. The first kappa shape index (κ1) is 13.9. The van der Waals surface area contributed by atoms with Crippen LogP contribution in [0.1, 0.15) is 24.1 Å². The van der Waals surface area contributed by atoms with Gasteiger partial charge >= 0.3 is 6.18 Å². The molecular weight excluding hydrogens is 279 g/mol. The van der Waals surface area contributed by atoms with Crippen LogP contribution >= 0.6 is 0 Å². The van der Waals surface area contributed by atoms with Crippen LogP contribution < -0.4 is 5.32 Å². The lowest BCUT2D eigenvalue weighted by atomic mass is 10.1. The van der Waals surface area contributed by atoms with Crippen molar-refractivity contribution in [2.75, 3.05) is 5.32 Å². The van der Waals surface area contributed by atoms with Gasteiger partial charge in [-0.25, -0.2) is 4.98 Å². The first-order valence-electron chi connectivity index (χ1n) is 6.70. The molecule has 0 saturated heterocycles. The minimum Gasteiger partial charge on any atom is -0.381 e. The molecule has 0 aromatic carbocycles. The molecule has 1 aliphatic rings. The lowest BCUT2D eigenvalue weighted by Gasteiger charge is -2.14. The Hall–Kier alpha value is -2.11. The zero-order valence-electron chi connectivity index (χ0n) is 11.4.